The molecule has 2 aromatic carbocycles. The van der Waals surface area contributed by atoms with Crippen molar-refractivity contribution in [1.82, 2.24) is 0 Å². The Balaban J connectivity index is 1.97. The fourth-order valence-electron chi connectivity index (χ4n) is 3.60. The second-order valence-electron chi connectivity index (χ2n) is 8.43. The van der Waals surface area contributed by atoms with E-state index in [9.17, 15) is 31.5 Å². The topological polar surface area (TPSA) is 65.7 Å². The zero-order chi connectivity index (χ0) is 26.3. The maximum atomic E-state index is 14.2. The van der Waals surface area contributed by atoms with Crippen LogP contribution in [-0.2, 0) is 9.53 Å². The van der Waals surface area contributed by atoms with E-state index in [4.69, 9.17) is 13.9 Å². The van der Waals surface area contributed by atoms with Crippen molar-refractivity contribution in [2.75, 3.05) is 0 Å². The molecular weight excluding hydrogens is 495 g/mol. The average Bonchev–Trinajstić information content (AvgIpc) is 2.75. The highest BCUT2D eigenvalue weighted by Gasteiger charge is 2.34. The van der Waals surface area contributed by atoms with Crippen molar-refractivity contribution in [3.63, 3.8) is 0 Å². The third kappa shape index (κ3) is 5.50. The summed E-state index contributed by atoms with van der Waals surface area (Å²) >= 11 is 4.46. The van der Waals surface area contributed by atoms with Gasteiger partial charge in [-0.3, -0.25) is 0 Å². The molecule has 35 heavy (non-hydrogen) atoms. The van der Waals surface area contributed by atoms with Crippen molar-refractivity contribution in [1.29, 1.82) is 0 Å². The van der Waals surface area contributed by atoms with Crippen LogP contribution in [0.15, 0.2) is 46.1 Å². The Morgan fingerprint density at radius 1 is 1.03 bits per heavy atom. The Morgan fingerprint density at radius 2 is 1.60 bits per heavy atom. The van der Waals surface area contributed by atoms with Gasteiger partial charge in [0.25, 0.3) is 0 Å². The highest BCUT2D eigenvalue weighted by atomic mass is 32.1. The molecule has 1 atom stereocenters. The van der Waals surface area contributed by atoms with Crippen LogP contribution in [0.4, 0.5) is 22.0 Å². The van der Waals surface area contributed by atoms with Gasteiger partial charge in [0.05, 0.1) is 11.1 Å². The number of carbonyl (C=O) groups is 1. The van der Waals surface area contributed by atoms with E-state index in [0.717, 1.165) is 12.1 Å². The summed E-state index contributed by atoms with van der Waals surface area (Å²) < 4.78 is 85.1. The van der Waals surface area contributed by atoms with Crippen LogP contribution in [0.2, 0.25) is 0 Å². The van der Waals surface area contributed by atoms with Crippen LogP contribution in [0.25, 0.3) is 22.1 Å². The molecule has 11 heteroatoms. The second-order valence-corrected chi connectivity index (χ2v) is 9.38. The number of benzene rings is 2. The van der Waals surface area contributed by atoms with E-state index < -0.39 is 62.3 Å². The standard InChI is InChI=1S/C24H19F5O5S/c1-5-15(30)34-23(2,3)10-24(4,35)33-12-7-6-11-8-13(22(31)32-14(11)9-12)16-17(25)19(27)21(29)20(28)18(16)26/h5-9,35H,1,10H2,2-4H3. The number of halogens is 5. The molecule has 1 unspecified atom stereocenters. The van der Waals surface area contributed by atoms with Crippen LogP contribution >= 0.6 is 12.6 Å². The molecule has 0 aliphatic heterocycles. The van der Waals surface area contributed by atoms with Gasteiger partial charge in [-0.1, -0.05) is 6.58 Å². The summed E-state index contributed by atoms with van der Waals surface area (Å²) in [5, 5.41) is 0.122. The molecular formula is C24H19F5O5S. The number of ether oxygens (including phenoxy) is 2. The molecule has 0 bridgehead atoms. The molecule has 3 aromatic rings. The fourth-order valence-corrected chi connectivity index (χ4v) is 4.09. The van der Waals surface area contributed by atoms with Crippen molar-refractivity contribution in [3.8, 4) is 16.9 Å². The predicted molar refractivity (Wildman–Crippen MR) is 121 cm³/mol. The van der Waals surface area contributed by atoms with E-state index in [-0.39, 0.29) is 23.1 Å². The Hall–Kier alpha value is -3.34. The zero-order valence-electron chi connectivity index (χ0n) is 18.7. The number of fused-ring (bicyclic) bond motifs is 1. The van der Waals surface area contributed by atoms with Gasteiger partial charge < -0.3 is 13.9 Å². The highest BCUT2D eigenvalue weighted by molar-refractivity contribution is 7.81. The van der Waals surface area contributed by atoms with Crippen LogP contribution in [-0.4, -0.2) is 16.5 Å². The first-order chi connectivity index (χ1) is 16.2. The van der Waals surface area contributed by atoms with E-state index in [1.807, 2.05) is 0 Å². The summed E-state index contributed by atoms with van der Waals surface area (Å²) in [6.07, 6.45) is 1.15. The van der Waals surface area contributed by atoms with Gasteiger partial charge in [-0.25, -0.2) is 31.5 Å². The maximum absolute atomic E-state index is 14.2. The summed E-state index contributed by atoms with van der Waals surface area (Å²) in [5.74, 6) is -11.5. The molecule has 0 N–H and O–H groups in total. The Bertz CT molecular complexity index is 1370. The molecule has 0 fully saturated rings. The molecule has 0 aliphatic carbocycles. The van der Waals surface area contributed by atoms with Crippen LogP contribution in [0.3, 0.4) is 0 Å². The van der Waals surface area contributed by atoms with Crippen LogP contribution in [0, 0.1) is 29.1 Å². The molecule has 0 aliphatic rings. The average molecular weight is 514 g/mol. The van der Waals surface area contributed by atoms with E-state index in [2.05, 4.69) is 19.2 Å². The minimum Gasteiger partial charge on any atom is -0.477 e. The quantitative estimate of drug-likeness (QED) is 0.0605. The highest BCUT2D eigenvalue weighted by Crippen LogP contribution is 2.34. The number of carbonyl (C=O) groups excluding carboxylic acids is 1. The Morgan fingerprint density at radius 3 is 2.17 bits per heavy atom. The van der Waals surface area contributed by atoms with Gasteiger partial charge in [0.15, 0.2) is 28.2 Å². The molecule has 0 saturated heterocycles. The predicted octanol–water partition coefficient (Wildman–Crippen LogP) is 6.08. The summed E-state index contributed by atoms with van der Waals surface area (Å²) in [7, 11) is 0. The Kier molecular flexibility index (Phi) is 7.03. The van der Waals surface area contributed by atoms with E-state index in [0.29, 0.717) is 0 Å². The number of hydrogen-bond acceptors (Lipinski definition) is 6. The van der Waals surface area contributed by atoms with E-state index in [1.54, 1.807) is 20.8 Å². The first-order valence-electron chi connectivity index (χ1n) is 10.0. The van der Waals surface area contributed by atoms with Gasteiger partial charge in [0, 0.05) is 23.9 Å². The minimum absolute atomic E-state index is 0.0819. The van der Waals surface area contributed by atoms with Crippen molar-refractivity contribution < 1.29 is 40.6 Å². The van der Waals surface area contributed by atoms with Crippen molar-refractivity contribution in [2.45, 2.75) is 37.7 Å². The summed E-state index contributed by atoms with van der Waals surface area (Å²) in [6.45, 7) is 8.23. The first kappa shape index (κ1) is 26.3. The van der Waals surface area contributed by atoms with E-state index >= 15 is 0 Å². The van der Waals surface area contributed by atoms with Gasteiger partial charge in [-0.15, -0.1) is 12.6 Å². The lowest BCUT2D eigenvalue weighted by molar-refractivity contribution is -0.152. The van der Waals surface area contributed by atoms with Gasteiger partial charge in [-0.05, 0) is 39.0 Å². The third-order valence-electron chi connectivity index (χ3n) is 4.82. The molecule has 0 radical (unpaired) electrons. The van der Waals surface area contributed by atoms with Crippen LogP contribution in [0.5, 0.6) is 5.75 Å². The van der Waals surface area contributed by atoms with Crippen molar-refractivity contribution >= 4 is 29.6 Å². The fraction of sp³-hybridized carbons (Fsp3) is 0.250. The molecule has 0 spiro atoms. The smallest absolute Gasteiger partial charge is 0.344 e. The molecule has 0 saturated carbocycles. The molecule has 1 aromatic heterocycles. The molecule has 5 nitrogen and oxygen atoms in total. The van der Waals surface area contributed by atoms with Gasteiger partial charge in [0.1, 0.15) is 16.9 Å². The molecule has 3 rings (SSSR count). The SMILES string of the molecule is C=CC(=O)OC(C)(C)CC(C)(S)Oc1ccc2cc(-c3c(F)c(F)c(F)c(F)c3F)c(=O)oc2c1. The maximum Gasteiger partial charge on any atom is 0.344 e. The monoisotopic (exact) mass is 514 g/mol. The third-order valence-corrected chi connectivity index (χ3v) is 5.07. The minimum atomic E-state index is -2.34. The van der Waals surface area contributed by atoms with Crippen molar-refractivity contribution in [3.05, 3.63) is 76.4 Å². The van der Waals surface area contributed by atoms with Crippen LogP contribution in [0.1, 0.15) is 27.2 Å². The summed E-state index contributed by atoms with van der Waals surface area (Å²) in [6, 6.07) is 5.01. The van der Waals surface area contributed by atoms with Gasteiger partial charge in [0.2, 0.25) is 5.82 Å². The number of rotatable bonds is 7. The number of thiol groups is 1. The summed E-state index contributed by atoms with van der Waals surface area (Å²) in [4.78, 5) is 22.8. The molecule has 0 amide bonds. The normalized spacial score (nSPS) is 13.4. The molecule has 1 heterocycles. The van der Waals surface area contributed by atoms with E-state index in [1.165, 1.54) is 18.2 Å². The van der Waals surface area contributed by atoms with Crippen molar-refractivity contribution in [2.24, 2.45) is 0 Å². The number of esters is 1. The summed E-state index contributed by atoms with van der Waals surface area (Å²) in [5.41, 5.74) is -4.63. The first-order valence-corrected chi connectivity index (χ1v) is 10.5. The Labute approximate surface area is 201 Å². The van der Waals surface area contributed by atoms with Crippen LogP contribution < -0.4 is 10.4 Å². The lowest BCUT2D eigenvalue weighted by atomic mass is 10.0. The zero-order valence-corrected chi connectivity index (χ0v) is 19.6. The molecule has 186 valence electrons. The number of hydrogen-bond donors (Lipinski definition) is 1. The largest absolute Gasteiger partial charge is 0.477 e. The lowest BCUT2D eigenvalue weighted by Crippen LogP contribution is -2.38. The second kappa shape index (κ2) is 9.37. The van der Waals surface area contributed by atoms with Gasteiger partial charge in [-0.2, -0.15) is 0 Å². The lowest BCUT2D eigenvalue weighted by Gasteiger charge is -2.34. The van der Waals surface area contributed by atoms with Gasteiger partial charge >= 0.3 is 11.6 Å².